The van der Waals surface area contributed by atoms with E-state index in [1.807, 2.05) is 35.2 Å². The van der Waals surface area contributed by atoms with Gasteiger partial charge in [0, 0.05) is 18.8 Å². The summed E-state index contributed by atoms with van der Waals surface area (Å²) < 4.78 is 0. The Labute approximate surface area is 131 Å². The van der Waals surface area contributed by atoms with Gasteiger partial charge in [0.2, 0.25) is 11.8 Å². The van der Waals surface area contributed by atoms with Crippen LogP contribution >= 0.6 is 0 Å². The molecule has 3 rings (SSSR count). The molecule has 0 saturated carbocycles. The average Bonchev–Trinajstić information content (AvgIpc) is 3.09. The fourth-order valence-electron chi connectivity index (χ4n) is 3.27. The van der Waals surface area contributed by atoms with Crippen LogP contribution in [0.3, 0.4) is 0 Å². The zero-order valence-electron chi connectivity index (χ0n) is 12.8. The summed E-state index contributed by atoms with van der Waals surface area (Å²) in [5.41, 5.74) is 0.813. The first-order chi connectivity index (χ1) is 10.7. The van der Waals surface area contributed by atoms with Gasteiger partial charge >= 0.3 is 0 Å². The third-order valence-electron chi connectivity index (χ3n) is 4.50. The minimum atomic E-state index is -0.112. The van der Waals surface area contributed by atoms with Gasteiger partial charge < -0.3 is 15.5 Å². The molecule has 2 saturated heterocycles. The van der Waals surface area contributed by atoms with Gasteiger partial charge in [0.05, 0.1) is 12.0 Å². The van der Waals surface area contributed by atoms with Crippen molar-refractivity contribution in [2.75, 3.05) is 25.0 Å². The van der Waals surface area contributed by atoms with Gasteiger partial charge in [-0.1, -0.05) is 18.2 Å². The number of carbonyl (C=O) groups is 2. The van der Waals surface area contributed by atoms with Crippen LogP contribution < -0.4 is 10.6 Å². The van der Waals surface area contributed by atoms with E-state index in [9.17, 15) is 9.59 Å². The van der Waals surface area contributed by atoms with Crippen molar-refractivity contribution in [3.63, 3.8) is 0 Å². The predicted molar refractivity (Wildman–Crippen MR) is 85.4 cm³/mol. The van der Waals surface area contributed by atoms with Crippen LogP contribution in [-0.4, -0.2) is 42.4 Å². The molecule has 0 aliphatic carbocycles. The van der Waals surface area contributed by atoms with Crippen molar-refractivity contribution in [3.8, 4) is 0 Å². The number of benzene rings is 1. The van der Waals surface area contributed by atoms with Gasteiger partial charge in [0.1, 0.15) is 0 Å². The summed E-state index contributed by atoms with van der Waals surface area (Å²) in [6.45, 7) is 2.23. The topological polar surface area (TPSA) is 61.4 Å². The number of rotatable bonds is 3. The van der Waals surface area contributed by atoms with E-state index in [0.717, 1.165) is 44.5 Å². The molecule has 2 amide bonds. The molecule has 5 heteroatoms. The summed E-state index contributed by atoms with van der Waals surface area (Å²) in [7, 11) is 0. The Hall–Kier alpha value is -1.88. The third kappa shape index (κ3) is 3.47. The highest BCUT2D eigenvalue weighted by Gasteiger charge is 2.32. The van der Waals surface area contributed by atoms with E-state index in [0.29, 0.717) is 6.54 Å². The van der Waals surface area contributed by atoms with Gasteiger partial charge in [-0.05, 0) is 44.4 Å². The normalized spacial score (nSPS) is 25.0. The highest BCUT2D eigenvalue weighted by atomic mass is 16.2. The molecule has 2 unspecified atom stereocenters. The molecule has 2 N–H and O–H groups in total. The maximum Gasteiger partial charge on any atom is 0.239 e. The van der Waals surface area contributed by atoms with Crippen LogP contribution in [0.15, 0.2) is 30.3 Å². The molecule has 2 aliphatic rings. The zero-order valence-corrected chi connectivity index (χ0v) is 12.8. The molecule has 2 atom stereocenters. The van der Waals surface area contributed by atoms with Crippen LogP contribution in [0.2, 0.25) is 0 Å². The van der Waals surface area contributed by atoms with Crippen molar-refractivity contribution >= 4 is 17.5 Å². The van der Waals surface area contributed by atoms with E-state index in [1.165, 1.54) is 0 Å². The molecule has 2 heterocycles. The molecular formula is C17H23N3O2. The number of nitrogens with one attached hydrogen (secondary N) is 2. The van der Waals surface area contributed by atoms with Gasteiger partial charge in [-0.15, -0.1) is 0 Å². The molecular weight excluding hydrogens is 278 g/mol. The molecule has 0 radical (unpaired) electrons. The van der Waals surface area contributed by atoms with Gasteiger partial charge in [-0.25, -0.2) is 0 Å². The van der Waals surface area contributed by atoms with Gasteiger partial charge in [-0.2, -0.15) is 0 Å². The Morgan fingerprint density at radius 1 is 1.14 bits per heavy atom. The number of nitrogens with zero attached hydrogens (tertiary/aromatic N) is 1. The first kappa shape index (κ1) is 15.0. The van der Waals surface area contributed by atoms with Gasteiger partial charge in [0.15, 0.2) is 0 Å². The Bertz CT molecular complexity index is 526. The highest BCUT2D eigenvalue weighted by Crippen LogP contribution is 2.20. The monoisotopic (exact) mass is 301 g/mol. The van der Waals surface area contributed by atoms with Crippen molar-refractivity contribution in [1.29, 1.82) is 0 Å². The van der Waals surface area contributed by atoms with Crippen LogP contribution in [0.4, 0.5) is 5.69 Å². The Morgan fingerprint density at radius 3 is 2.68 bits per heavy atom. The molecule has 1 aromatic rings. The largest absolute Gasteiger partial charge is 0.341 e. The molecule has 0 bridgehead atoms. The molecule has 1 aromatic carbocycles. The minimum Gasteiger partial charge on any atom is -0.341 e. The fourth-order valence-corrected chi connectivity index (χ4v) is 3.27. The van der Waals surface area contributed by atoms with E-state index >= 15 is 0 Å². The van der Waals surface area contributed by atoms with E-state index in [4.69, 9.17) is 0 Å². The van der Waals surface area contributed by atoms with Crippen LogP contribution in [0.25, 0.3) is 0 Å². The Balaban J connectivity index is 1.57. The number of amides is 2. The molecule has 2 fully saturated rings. The van der Waals surface area contributed by atoms with E-state index in [1.54, 1.807) is 0 Å². The lowest BCUT2D eigenvalue weighted by Gasteiger charge is -2.33. The zero-order chi connectivity index (χ0) is 15.4. The van der Waals surface area contributed by atoms with Crippen LogP contribution in [-0.2, 0) is 9.59 Å². The van der Waals surface area contributed by atoms with Crippen molar-refractivity contribution < 1.29 is 9.59 Å². The summed E-state index contributed by atoms with van der Waals surface area (Å²) in [5.74, 6) is 0.0668. The van der Waals surface area contributed by atoms with Crippen molar-refractivity contribution in [2.24, 2.45) is 5.92 Å². The Morgan fingerprint density at radius 2 is 1.95 bits per heavy atom. The summed E-state index contributed by atoms with van der Waals surface area (Å²) in [4.78, 5) is 26.7. The predicted octanol–water partition coefficient (Wildman–Crippen LogP) is 1.62. The quantitative estimate of drug-likeness (QED) is 0.892. The number of likely N-dealkylation sites (tertiary alicyclic amines) is 1. The summed E-state index contributed by atoms with van der Waals surface area (Å²) >= 11 is 0. The van der Waals surface area contributed by atoms with Gasteiger partial charge in [0.25, 0.3) is 0 Å². The Kier molecular flexibility index (Phi) is 4.73. The van der Waals surface area contributed by atoms with E-state index in [-0.39, 0.29) is 23.8 Å². The summed E-state index contributed by atoms with van der Waals surface area (Å²) in [6.07, 6.45) is 3.71. The fraction of sp³-hybridized carbons (Fsp3) is 0.529. The van der Waals surface area contributed by atoms with Crippen molar-refractivity contribution in [3.05, 3.63) is 30.3 Å². The van der Waals surface area contributed by atoms with Crippen LogP contribution in [0.5, 0.6) is 0 Å². The smallest absolute Gasteiger partial charge is 0.239 e. The number of carbonyl (C=O) groups excluding carboxylic acids is 2. The minimum absolute atomic E-state index is 0.0167. The maximum atomic E-state index is 12.5. The lowest BCUT2D eigenvalue weighted by atomic mass is 9.96. The molecule has 22 heavy (non-hydrogen) atoms. The lowest BCUT2D eigenvalue weighted by molar-refractivity contribution is -0.136. The molecule has 5 nitrogen and oxygen atoms in total. The molecule has 0 aromatic heterocycles. The second-order valence-electron chi connectivity index (χ2n) is 6.13. The second-order valence-corrected chi connectivity index (χ2v) is 6.13. The number of piperidine rings is 1. The summed E-state index contributed by atoms with van der Waals surface area (Å²) in [6, 6.07) is 9.44. The van der Waals surface area contributed by atoms with Crippen LogP contribution in [0.1, 0.15) is 25.7 Å². The standard InChI is InChI=1S/C17H23N3O2/c21-16(19-14-7-2-1-3-8-14)13-6-5-11-20(12-13)17(22)15-9-4-10-18-15/h1-3,7-8,13,15,18H,4-6,9-12H2,(H,19,21). The first-order valence-corrected chi connectivity index (χ1v) is 8.12. The SMILES string of the molecule is O=C(Nc1ccccc1)C1CCCN(C(=O)C2CCCN2)C1. The molecule has 2 aliphatic heterocycles. The third-order valence-corrected chi connectivity index (χ3v) is 4.50. The number of hydrogen-bond donors (Lipinski definition) is 2. The first-order valence-electron chi connectivity index (χ1n) is 8.12. The van der Waals surface area contributed by atoms with Gasteiger partial charge in [-0.3, -0.25) is 9.59 Å². The van der Waals surface area contributed by atoms with Crippen LogP contribution in [0, 0.1) is 5.92 Å². The van der Waals surface area contributed by atoms with Crippen molar-refractivity contribution in [1.82, 2.24) is 10.2 Å². The molecule has 118 valence electrons. The summed E-state index contributed by atoms with van der Waals surface area (Å²) in [5, 5.41) is 6.19. The van der Waals surface area contributed by atoms with Crippen molar-refractivity contribution in [2.45, 2.75) is 31.7 Å². The number of hydrogen-bond acceptors (Lipinski definition) is 3. The average molecular weight is 301 g/mol. The molecule has 0 spiro atoms. The number of para-hydroxylation sites is 1. The lowest BCUT2D eigenvalue weighted by Crippen LogP contribution is -2.49. The second kappa shape index (κ2) is 6.92. The highest BCUT2D eigenvalue weighted by molar-refractivity contribution is 5.93. The van der Waals surface area contributed by atoms with E-state index < -0.39 is 0 Å². The van der Waals surface area contributed by atoms with E-state index in [2.05, 4.69) is 10.6 Å². The number of anilines is 1. The maximum absolute atomic E-state index is 12.5.